The highest BCUT2D eigenvalue weighted by atomic mass is 79.9. The monoisotopic (exact) mass is 277 g/mol. The minimum Gasteiger partial charge on any atom is -0.376 e. The molecule has 1 aromatic carbocycles. The van der Waals surface area contributed by atoms with Crippen LogP contribution in [0.3, 0.4) is 0 Å². The van der Waals surface area contributed by atoms with Gasteiger partial charge >= 0.3 is 0 Å². The number of aryl methyl sites for hydroxylation is 1. The second kappa shape index (κ2) is 3.36. The summed E-state index contributed by atoms with van der Waals surface area (Å²) < 4.78 is 1.19. The SMILES string of the molecule is Cc1cc2c(cc1Br)NC1(C)CCCC1=C2. The first-order chi connectivity index (χ1) is 7.58. The summed E-state index contributed by atoms with van der Waals surface area (Å²) in [7, 11) is 0. The van der Waals surface area contributed by atoms with Gasteiger partial charge in [0.05, 0.1) is 5.54 Å². The van der Waals surface area contributed by atoms with E-state index >= 15 is 0 Å². The van der Waals surface area contributed by atoms with Gasteiger partial charge in [0.2, 0.25) is 0 Å². The topological polar surface area (TPSA) is 12.0 Å². The van der Waals surface area contributed by atoms with Gasteiger partial charge in [0, 0.05) is 10.2 Å². The zero-order valence-electron chi connectivity index (χ0n) is 9.73. The number of fused-ring (bicyclic) bond motifs is 2. The first kappa shape index (κ1) is 10.4. The van der Waals surface area contributed by atoms with Gasteiger partial charge in [-0.3, -0.25) is 0 Å². The molecule has 1 unspecified atom stereocenters. The van der Waals surface area contributed by atoms with E-state index in [4.69, 9.17) is 0 Å². The third-order valence-corrected chi connectivity index (χ3v) is 4.76. The van der Waals surface area contributed by atoms with Crippen LogP contribution in [-0.4, -0.2) is 5.54 Å². The van der Waals surface area contributed by atoms with Gasteiger partial charge in [-0.05, 0) is 61.9 Å². The fourth-order valence-corrected chi connectivity index (χ4v) is 3.20. The molecule has 1 nitrogen and oxygen atoms in total. The highest BCUT2D eigenvalue weighted by Gasteiger charge is 2.36. The van der Waals surface area contributed by atoms with Crippen LogP contribution in [0.15, 0.2) is 22.2 Å². The van der Waals surface area contributed by atoms with Crippen molar-refractivity contribution in [3.63, 3.8) is 0 Å². The molecule has 0 amide bonds. The summed E-state index contributed by atoms with van der Waals surface area (Å²) in [6, 6.07) is 4.47. The largest absolute Gasteiger partial charge is 0.376 e. The summed E-state index contributed by atoms with van der Waals surface area (Å²) in [5.41, 5.74) is 5.70. The molecule has 2 aliphatic rings. The second-order valence-corrected chi connectivity index (χ2v) is 6.02. The van der Waals surface area contributed by atoms with E-state index in [1.54, 1.807) is 5.57 Å². The summed E-state index contributed by atoms with van der Waals surface area (Å²) >= 11 is 3.60. The van der Waals surface area contributed by atoms with Gasteiger partial charge in [-0.2, -0.15) is 0 Å². The zero-order valence-corrected chi connectivity index (χ0v) is 11.3. The predicted molar refractivity (Wildman–Crippen MR) is 72.7 cm³/mol. The lowest BCUT2D eigenvalue weighted by Crippen LogP contribution is -2.35. The highest BCUT2D eigenvalue weighted by molar-refractivity contribution is 9.10. The van der Waals surface area contributed by atoms with Gasteiger partial charge in [0.1, 0.15) is 0 Å². The molecule has 2 heteroatoms. The van der Waals surface area contributed by atoms with Crippen LogP contribution in [0.1, 0.15) is 37.3 Å². The Labute approximate surface area is 105 Å². The Morgan fingerprint density at radius 3 is 3.00 bits per heavy atom. The molecule has 84 valence electrons. The fraction of sp³-hybridized carbons (Fsp3) is 0.429. The van der Waals surface area contributed by atoms with Crippen molar-refractivity contribution in [2.24, 2.45) is 0 Å². The van der Waals surface area contributed by atoms with E-state index in [1.807, 2.05) is 0 Å². The average Bonchev–Trinajstić information content (AvgIpc) is 2.57. The van der Waals surface area contributed by atoms with Crippen molar-refractivity contribution in [3.8, 4) is 0 Å². The quantitative estimate of drug-likeness (QED) is 0.736. The van der Waals surface area contributed by atoms with Crippen LogP contribution in [0.5, 0.6) is 0 Å². The normalized spacial score (nSPS) is 26.8. The Balaban J connectivity index is 2.15. The average molecular weight is 278 g/mol. The summed E-state index contributed by atoms with van der Waals surface area (Å²) in [4.78, 5) is 0. The molecule has 0 bridgehead atoms. The number of halogens is 1. The number of hydrogen-bond donors (Lipinski definition) is 1. The minimum absolute atomic E-state index is 0.210. The molecule has 1 aliphatic carbocycles. The second-order valence-electron chi connectivity index (χ2n) is 5.17. The maximum Gasteiger partial charge on any atom is 0.0560 e. The number of benzene rings is 1. The maximum atomic E-state index is 3.71. The van der Waals surface area contributed by atoms with Crippen molar-refractivity contribution >= 4 is 27.7 Å². The van der Waals surface area contributed by atoms with E-state index in [0.717, 1.165) is 0 Å². The number of rotatable bonds is 0. The van der Waals surface area contributed by atoms with E-state index in [-0.39, 0.29) is 5.54 Å². The molecule has 0 spiro atoms. The van der Waals surface area contributed by atoms with Crippen LogP contribution in [-0.2, 0) is 0 Å². The van der Waals surface area contributed by atoms with Gasteiger partial charge < -0.3 is 5.32 Å². The molecule has 1 aromatic rings. The predicted octanol–water partition coefficient (Wildman–Crippen LogP) is 4.51. The van der Waals surface area contributed by atoms with Crippen molar-refractivity contribution in [3.05, 3.63) is 33.3 Å². The Morgan fingerprint density at radius 2 is 2.19 bits per heavy atom. The van der Waals surface area contributed by atoms with E-state index in [0.29, 0.717) is 0 Å². The van der Waals surface area contributed by atoms with E-state index < -0.39 is 0 Å². The van der Waals surface area contributed by atoms with Gasteiger partial charge in [0.15, 0.2) is 0 Å². The number of nitrogens with one attached hydrogen (secondary N) is 1. The van der Waals surface area contributed by atoms with Crippen molar-refractivity contribution in [2.75, 3.05) is 5.32 Å². The van der Waals surface area contributed by atoms with Crippen molar-refractivity contribution in [2.45, 2.75) is 38.6 Å². The van der Waals surface area contributed by atoms with E-state index in [1.165, 1.54) is 40.5 Å². The molecule has 0 saturated heterocycles. The number of anilines is 1. The maximum absolute atomic E-state index is 3.71. The summed E-state index contributed by atoms with van der Waals surface area (Å²) in [6.07, 6.45) is 6.20. The molecule has 1 heterocycles. The Kier molecular flexibility index (Phi) is 2.19. The lowest BCUT2D eigenvalue weighted by atomic mass is 9.88. The Hall–Kier alpha value is -0.760. The summed E-state index contributed by atoms with van der Waals surface area (Å²) in [5.74, 6) is 0. The third kappa shape index (κ3) is 1.43. The molecular formula is C14H16BrN. The van der Waals surface area contributed by atoms with E-state index in [9.17, 15) is 0 Å². The van der Waals surface area contributed by atoms with Gasteiger partial charge in [-0.1, -0.05) is 22.0 Å². The molecule has 1 N–H and O–H groups in total. The standard InChI is InChI=1S/C14H16BrN/c1-9-6-10-7-11-4-3-5-14(11,2)16-13(10)8-12(9)15/h6-8,16H,3-5H2,1-2H3. The molecular weight excluding hydrogens is 262 g/mol. The highest BCUT2D eigenvalue weighted by Crippen LogP contribution is 2.44. The lowest BCUT2D eigenvalue weighted by Gasteiger charge is -2.34. The first-order valence-electron chi connectivity index (χ1n) is 5.88. The summed E-state index contributed by atoms with van der Waals surface area (Å²) in [5, 5.41) is 3.71. The molecule has 1 aliphatic heterocycles. The molecule has 1 saturated carbocycles. The van der Waals surface area contributed by atoms with Crippen LogP contribution < -0.4 is 5.32 Å². The first-order valence-corrected chi connectivity index (χ1v) is 6.67. The molecule has 1 atom stereocenters. The third-order valence-electron chi connectivity index (χ3n) is 3.90. The minimum atomic E-state index is 0.210. The molecule has 0 radical (unpaired) electrons. The molecule has 1 fully saturated rings. The van der Waals surface area contributed by atoms with Crippen LogP contribution in [0.2, 0.25) is 0 Å². The number of hydrogen-bond acceptors (Lipinski definition) is 1. The lowest BCUT2D eigenvalue weighted by molar-refractivity contribution is 0.611. The van der Waals surface area contributed by atoms with Crippen LogP contribution in [0.25, 0.3) is 6.08 Å². The van der Waals surface area contributed by atoms with Crippen LogP contribution in [0.4, 0.5) is 5.69 Å². The molecule has 0 aromatic heterocycles. The van der Waals surface area contributed by atoms with Crippen molar-refractivity contribution in [1.82, 2.24) is 0 Å². The van der Waals surface area contributed by atoms with Gasteiger partial charge in [-0.15, -0.1) is 0 Å². The fourth-order valence-electron chi connectivity index (χ4n) is 2.86. The van der Waals surface area contributed by atoms with Gasteiger partial charge in [-0.25, -0.2) is 0 Å². The van der Waals surface area contributed by atoms with Crippen LogP contribution in [0, 0.1) is 6.92 Å². The zero-order chi connectivity index (χ0) is 11.3. The van der Waals surface area contributed by atoms with E-state index in [2.05, 4.69) is 53.3 Å². The molecule has 16 heavy (non-hydrogen) atoms. The Morgan fingerprint density at radius 1 is 1.38 bits per heavy atom. The Bertz CT molecular complexity index is 490. The van der Waals surface area contributed by atoms with Crippen molar-refractivity contribution < 1.29 is 0 Å². The molecule has 3 rings (SSSR count). The smallest absolute Gasteiger partial charge is 0.0560 e. The van der Waals surface area contributed by atoms with Crippen LogP contribution >= 0.6 is 15.9 Å². The van der Waals surface area contributed by atoms with Crippen molar-refractivity contribution in [1.29, 1.82) is 0 Å². The summed E-state index contributed by atoms with van der Waals surface area (Å²) in [6.45, 7) is 4.47. The van der Waals surface area contributed by atoms with Gasteiger partial charge in [0.25, 0.3) is 0 Å².